The highest BCUT2D eigenvalue weighted by Gasteiger charge is 2.57. The molecule has 4 heterocycles. The molecule has 0 spiro atoms. The molecule has 0 unspecified atom stereocenters. The van der Waals surface area contributed by atoms with Crippen LogP contribution in [0.3, 0.4) is 0 Å². The molecule has 4 aliphatic rings. The number of carboxylic acids is 1. The fourth-order valence-electron chi connectivity index (χ4n) is 5.48. The van der Waals surface area contributed by atoms with Gasteiger partial charge >= 0.3 is 5.97 Å². The summed E-state index contributed by atoms with van der Waals surface area (Å²) in [5.41, 5.74) is 0. The number of aliphatic hydroxyl groups is 13. The van der Waals surface area contributed by atoms with Gasteiger partial charge in [0, 0.05) is 0 Å². The number of hydrogen-bond donors (Lipinski definition) is 14. The molecule has 268 valence electrons. The van der Waals surface area contributed by atoms with Gasteiger partial charge in [0.1, 0.15) is 91.6 Å². The number of rotatable bonds is 10. The maximum atomic E-state index is 11.8. The van der Waals surface area contributed by atoms with Gasteiger partial charge in [-0.15, -0.1) is 0 Å². The van der Waals surface area contributed by atoms with Crippen LogP contribution in [-0.4, -0.2) is 220 Å². The first-order chi connectivity index (χ1) is 21.7. The van der Waals surface area contributed by atoms with Crippen LogP contribution in [0.2, 0.25) is 0 Å². The van der Waals surface area contributed by atoms with E-state index in [-0.39, 0.29) is 0 Å². The lowest BCUT2D eigenvalue weighted by Gasteiger charge is -2.49. The maximum Gasteiger partial charge on any atom is 0.335 e. The third-order valence-electron chi connectivity index (χ3n) is 8.18. The summed E-state index contributed by atoms with van der Waals surface area (Å²) in [5.74, 6) is -1.81. The van der Waals surface area contributed by atoms with Crippen molar-refractivity contribution in [3.8, 4) is 0 Å². The highest BCUT2D eigenvalue weighted by Crippen LogP contribution is 2.35. The minimum absolute atomic E-state index is 0.872. The number of ether oxygens (including phenoxy) is 7. The van der Waals surface area contributed by atoms with Gasteiger partial charge in [0.15, 0.2) is 31.3 Å². The average Bonchev–Trinajstić information content (AvgIpc) is 3.03. The minimum atomic E-state index is -2.31. The monoisotopic (exact) mass is 680 g/mol. The van der Waals surface area contributed by atoms with Crippen molar-refractivity contribution in [2.24, 2.45) is 0 Å². The highest BCUT2D eigenvalue weighted by atomic mass is 16.8. The Kier molecular flexibility index (Phi) is 12.6. The van der Waals surface area contributed by atoms with Gasteiger partial charge in [-0.05, 0) is 0 Å². The number of carbonyl (C=O) groups is 1. The van der Waals surface area contributed by atoms with Gasteiger partial charge in [0.25, 0.3) is 0 Å². The summed E-state index contributed by atoms with van der Waals surface area (Å²) in [6.45, 7) is -2.70. The molecule has 0 radical (unpaired) electrons. The van der Waals surface area contributed by atoms with Gasteiger partial charge in [0.2, 0.25) is 0 Å². The zero-order valence-corrected chi connectivity index (χ0v) is 23.7. The number of aliphatic hydroxyl groups excluding tert-OH is 13. The van der Waals surface area contributed by atoms with Crippen LogP contribution >= 0.6 is 0 Å². The van der Waals surface area contributed by atoms with E-state index in [9.17, 15) is 76.3 Å². The van der Waals surface area contributed by atoms with Crippen molar-refractivity contribution >= 4 is 5.97 Å². The zero-order valence-electron chi connectivity index (χ0n) is 23.7. The van der Waals surface area contributed by atoms with Crippen molar-refractivity contribution in [1.82, 2.24) is 0 Å². The fourth-order valence-corrected chi connectivity index (χ4v) is 5.48. The van der Waals surface area contributed by atoms with Crippen LogP contribution < -0.4 is 0 Å². The Balaban J connectivity index is 1.65. The van der Waals surface area contributed by atoms with E-state index in [1.165, 1.54) is 0 Å². The lowest BCUT2D eigenvalue weighted by atomic mass is 9.95. The highest BCUT2D eigenvalue weighted by molar-refractivity contribution is 5.73. The molecule has 0 aromatic rings. The molecular formula is C24H40O22. The molecule has 22 nitrogen and oxygen atoms in total. The molecule has 4 rings (SSSR count). The first-order valence-electron chi connectivity index (χ1n) is 14.1. The largest absolute Gasteiger partial charge is 0.479 e. The summed E-state index contributed by atoms with van der Waals surface area (Å²) in [7, 11) is 0. The van der Waals surface area contributed by atoms with Gasteiger partial charge in [-0.2, -0.15) is 0 Å². The van der Waals surface area contributed by atoms with Gasteiger partial charge in [0.05, 0.1) is 19.8 Å². The lowest BCUT2D eigenvalue weighted by molar-refractivity contribution is -0.399. The van der Waals surface area contributed by atoms with E-state index in [1.54, 1.807) is 0 Å². The molecule has 4 saturated heterocycles. The van der Waals surface area contributed by atoms with E-state index in [1.807, 2.05) is 0 Å². The van der Waals surface area contributed by atoms with Crippen LogP contribution in [0.1, 0.15) is 0 Å². The topological polar surface area (TPSA) is 365 Å². The van der Waals surface area contributed by atoms with E-state index in [4.69, 9.17) is 33.2 Å². The van der Waals surface area contributed by atoms with Gasteiger partial charge in [-0.1, -0.05) is 0 Å². The first kappa shape index (κ1) is 37.5. The van der Waals surface area contributed by atoms with Crippen molar-refractivity contribution in [1.29, 1.82) is 0 Å². The van der Waals surface area contributed by atoms with Crippen molar-refractivity contribution in [2.75, 3.05) is 19.8 Å². The van der Waals surface area contributed by atoms with E-state index in [0.29, 0.717) is 0 Å². The van der Waals surface area contributed by atoms with Crippen LogP contribution in [0.15, 0.2) is 0 Å². The van der Waals surface area contributed by atoms with Crippen LogP contribution in [0.5, 0.6) is 0 Å². The quantitative estimate of drug-likeness (QED) is 0.102. The molecular weight excluding hydrogens is 640 g/mol. The summed E-state index contributed by atoms with van der Waals surface area (Å²) in [4.78, 5) is 11.8. The molecule has 4 aliphatic heterocycles. The number of carboxylic acid groups (broad SMARTS) is 1. The van der Waals surface area contributed by atoms with Gasteiger partial charge in [-0.25, -0.2) is 4.79 Å². The average molecular weight is 681 g/mol. The normalized spacial score (nSPS) is 51.9. The molecule has 0 aromatic carbocycles. The van der Waals surface area contributed by atoms with E-state index in [0.717, 1.165) is 0 Å². The predicted molar refractivity (Wildman–Crippen MR) is 134 cm³/mol. The third kappa shape index (κ3) is 7.31. The number of aliphatic carboxylic acids is 1. The standard InChI is InChI=1S/C24H40O22/c25-1-4-7(28)10(31)13(34)22(40-4)45-18-12(33)9(30)6(3-27)42-24(18)44-16-15(36)17(20(37)38)43-21(39)19(16)46-23-14(35)11(32)8(29)5(2-26)41-23/h4-19,21-36,39H,1-3H2,(H,37,38)/t4-,5-,6-,7-,8+,9+,10+,11+,12+,13-,14-,15+,16+,17+,18-,19-,21-,22+,23+,24+/m1/s1. The Hall–Kier alpha value is -1.33. The Morgan fingerprint density at radius 1 is 0.457 bits per heavy atom. The molecule has 4 fully saturated rings. The summed E-state index contributed by atoms with van der Waals surface area (Å²) in [6, 6.07) is 0. The maximum absolute atomic E-state index is 11.8. The molecule has 22 heteroatoms. The molecule has 0 bridgehead atoms. The van der Waals surface area contributed by atoms with E-state index in [2.05, 4.69) is 0 Å². The summed E-state index contributed by atoms with van der Waals surface area (Å²) in [5, 5.41) is 143. The molecule has 20 atom stereocenters. The summed E-state index contributed by atoms with van der Waals surface area (Å²) < 4.78 is 37.7. The van der Waals surface area contributed by atoms with Gasteiger partial charge < -0.3 is 105 Å². The number of hydrogen-bond acceptors (Lipinski definition) is 21. The summed E-state index contributed by atoms with van der Waals surface area (Å²) >= 11 is 0. The summed E-state index contributed by atoms with van der Waals surface area (Å²) in [6.07, 6.45) is -39.2. The predicted octanol–water partition coefficient (Wildman–Crippen LogP) is -9.66. The van der Waals surface area contributed by atoms with Crippen molar-refractivity contribution in [2.45, 2.75) is 123 Å². The molecule has 46 heavy (non-hydrogen) atoms. The first-order valence-corrected chi connectivity index (χ1v) is 14.1. The molecule has 0 saturated carbocycles. The SMILES string of the molecule is O=C(O)[C@H]1O[C@@H](O)[C@H](O[C@@H]2O[C@H](CO)[C@H](O)[C@H](O)[C@H]2O)[C@@H](O[C@@H]2O[C@H](CO)[C@H](O)[C@H](O)[C@H]2O[C@@H]2O[C@H](CO)[C@@H](O)[C@H](O)[C@H]2O)[C@@H]1O. The molecule has 0 aliphatic carbocycles. The third-order valence-corrected chi connectivity index (χ3v) is 8.18. The Morgan fingerprint density at radius 3 is 1.28 bits per heavy atom. The fraction of sp³-hybridized carbons (Fsp3) is 0.958. The van der Waals surface area contributed by atoms with Crippen molar-refractivity contribution in [3.63, 3.8) is 0 Å². The van der Waals surface area contributed by atoms with Crippen molar-refractivity contribution in [3.05, 3.63) is 0 Å². The van der Waals surface area contributed by atoms with E-state index < -0.39 is 149 Å². The smallest absolute Gasteiger partial charge is 0.335 e. The van der Waals surface area contributed by atoms with Crippen LogP contribution in [0.25, 0.3) is 0 Å². The minimum Gasteiger partial charge on any atom is -0.479 e. The van der Waals surface area contributed by atoms with Gasteiger partial charge in [-0.3, -0.25) is 0 Å². The lowest BCUT2D eigenvalue weighted by Crippen LogP contribution is -2.68. The Bertz CT molecular complexity index is 988. The Labute approximate surface area is 258 Å². The second kappa shape index (κ2) is 15.5. The van der Waals surface area contributed by atoms with Crippen LogP contribution in [0.4, 0.5) is 0 Å². The second-order valence-electron chi connectivity index (χ2n) is 11.2. The molecule has 0 aromatic heterocycles. The van der Waals surface area contributed by atoms with Crippen LogP contribution in [0, 0.1) is 0 Å². The van der Waals surface area contributed by atoms with Crippen LogP contribution in [-0.2, 0) is 38.0 Å². The second-order valence-corrected chi connectivity index (χ2v) is 11.2. The molecule has 14 N–H and O–H groups in total. The Morgan fingerprint density at radius 2 is 0.848 bits per heavy atom. The van der Waals surface area contributed by atoms with E-state index >= 15 is 0 Å². The zero-order chi connectivity index (χ0) is 34.2. The van der Waals surface area contributed by atoms with Crippen molar-refractivity contribution < 1.29 is 109 Å². The molecule has 0 amide bonds.